The molecular weight excluding hydrogens is 413 g/mol. The number of anilines is 1. The van der Waals surface area contributed by atoms with E-state index in [1.54, 1.807) is 0 Å². The van der Waals surface area contributed by atoms with Crippen molar-refractivity contribution in [2.24, 2.45) is 0 Å². The van der Waals surface area contributed by atoms with E-state index >= 15 is 0 Å². The second kappa shape index (κ2) is 6.06. The van der Waals surface area contributed by atoms with E-state index in [0.29, 0.717) is 3.57 Å². The van der Waals surface area contributed by atoms with Gasteiger partial charge in [0.15, 0.2) is 0 Å². The molecule has 10 heteroatoms. The molecule has 2 aromatic rings. The summed E-state index contributed by atoms with van der Waals surface area (Å²) in [5, 5.41) is 20.0. The van der Waals surface area contributed by atoms with Gasteiger partial charge in [-0.25, -0.2) is 4.98 Å². The number of ether oxygens (including phenoxy) is 1. The Bertz CT molecular complexity index is 777. The lowest BCUT2D eigenvalue weighted by molar-refractivity contribution is -0.385. The molecule has 0 saturated carbocycles. The molecule has 1 aromatic carbocycles. The van der Waals surface area contributed by atoms with E-state index in [1.165, 1.54) is 12.3 Å². The first-order valence-electron chi connectivity index (χ1n) is 5.26. The van der Waals surface area contributed by atoms with Gasteiger partial charge in [-0.1, -0.05) is 11.6 Å². The molecular formula is C11H5ClIN5O3. The summed E-state index contributed by atoms with van der Waals surface area (Å²) in [6.45, 7) is 0. The highest BCUT2D eigenvalue weighted by Crippen LogP contribution is 2.38. The van der Waals surface area contributed by atoms with Crippen molar-refractivity contribution in [3.8, 4) is 17.7 Å². The Kier molecular flexibility index (Phi) is 4.39. The Hall–Kier alpha value is -2.19. The van der Waals surface area contributed by atoms with Crippen LogP contribution in [0.2, 0.25) is 5.02 Å². The van der Waals surface area contributed by atoms with Crippen molar-refractivity contribution in [1.82, 2.24) is 9.97 Å². The molecule has 0 aliphatic heterocycles. The standard InChI is InChI=1S/C11H5ClIN5O3/c12-6-4-16-11(15)17-10(6)21-9-7(13)1-5(3-14)2-8(9)18(19)20/h1-2,4H,(H2,15,16,17). The van der Waals surface area contributed by atoms with Gasteiger partial charge in [0.2, 0.25) is 17.6 Å². The second-order valence-electron chi connectivity index (χ2n) is 3.66. The monoisotopic (exact) mass is 417 g/mol. The summed E-state index contributed by atoms with van der Waals surface area (Å²) >= 11 is 7.68. The Labute approximate surface area is 136 Å². The van der Waals surface area contributed by atoms with E-state index in [2.05, 4.69) is 9.97 Å². The third-order valence-corrected chi connectivity index (χ3v) is 3.34. The highest BCUT2D eigenvalue weighted by atomic mass is 127. The summed E-state index contributed by atoms with van der Waals surface area (Å²) in [6.07, 6.45) is 1.22. The zero-order valence-electron chi connectivity index (χ0n) is 10.1. The number of halogens is 2. The number of hydrogen-bond donors (Lipinski definition) is 1. The molecule has 0 aliphatic rings. The van der Waals surface area contributed by atoms with Crippen molar-refractivity contribution in [3.05, 3.63) is 42.6 Å². The number of benzene rings is 1. The van der Waals surface area contributed by atoms with Crippen molar-refractivity contribution < 1.29 is 9.66 Å². The van der Waals surface area contributed by atoms with E-state index in [-0.39, 0.29) is 33.9 Å². The Morgan fingerprint density at radius 3 is 2.86 bits per heavy atom. The van der Waals surface area contributed by atoms with Crippen LogP contribution in [0, 0.1) is 25.0 Å². The molecule has 0 aliphatic carbocycles. The number of nitrogen functional groups attached to an aromatic ring is 1. The second-order valence-corrected chi connectivity index (χ2v) is 5.23. The number of rotatable bonds is 3. The summed E-state index contributed by atoms with van der Waals surface area (Å²) in [5.41, 5.74) is 5.20. The zero-order valence-corrected chi connectivity index (χ0v) is 13.0. The summed E-state index contributed by atoms with van der Waals surface area (Å²) in [7, 11) is 0. The molecule has 21 heavy (non-hydrogen) atoms. The minimum atomic E-state index is -0.656. The normalized spacial score (nSPS) is 9.95. The van der Waals surface area contributed by atoms with Crippen molar-refractivity contribution in [2.45, 2.75) is 0 Å². The number of nitro benzene ring substituents is 1. The first-order chi connectivity index (χ1) is 9.92. The Morgan fingerprint density at radius 2 is 2.24 bits per heavy atom. The molecule has 0 spiro atoms. The van der Waals surface area contributed by atoms with Crippen LogP contribution >= 0.6 is 34.2 Å². The molecule has 8 nitrogen and oxygen atoms in total. The van der Waals surface area contributed by atoms with Crippen molar-refractivity contribution in [3.63, 3.8) is 0 Å². The molecule has 0 amide bonds. The molecule has 2 N–H and O–H groups in total. The third kappa shape index (κ3) is 3.29. The summed E-state index contributed by atoms with van der Waals surface area (Å²) in [6, 6.07) is 4.39. The average Bonchev–Trinajstić information content (AvgIpc) is 2.44. The van der Waals surface area contributed by atoms with Gasteiger partial charge >= 0.3 is 5.69 Å². The van der Waals surface area contributed by atoms with Gasteiger partial charge in [-0.15, -0.1) is 0 Å². The van der Waals surface area contributed by atoms with Crippen LogP contribution in [0.25, 0.3) is 0 Å². The lowest BCUT2D eigenvalue weighted by Crippen LogP contribution is -2.01. The third-order valence-electron chi connectivity index (χ3n) is 2.28. The number of nitrogens with two attached hydrogens (primary N) is 1. The van der Waals surface area contributed by atoms with E-state index < -0.39 is 4.92 Å². The quantitative estimate of drug-likeness (QED) is 0.462. The molecule has 1 aromatic heterocycles. The lowest BCUT2D eigenvalue weighted by Gasteiger charge is -2.09. The molecule has 2 rings (SSSR count). The summed E-state index contributed by atoms with van der Waals surface area (Å²) in [5.74, 6) is -0.254. The number of hydrogen-bond acceptors (Lipinski definition) is 7. The topological polar surface area (TPSA) is 128 Å². The minimum absolute atomic E-state index is 0.0543. The molecule has 0 radical (unpaired) electrons. The smallest absolute Gasteiger partial charge is 0.314 e. The first-order valence-corrected chi connectivity index (χ1v) is 6.72. The van der Waals surface area contributed by atoms with Crippen LogP contribution in [-0.4, -0.2) is 14.9 Å². The maximum absolute atomic E-state index is 11.1. The van der Waals surface area contributed by atoms with Gasteiger partial charge in [0.25, 0.3) is 0 Å². The average molecular weight is 418 g/mol. The van der Waals surface area contributed by atoms with E-state index in [1.807, 2.05) is 28.7 Å². The predicted molar refractivity (Wildman–Crippen MR) is 82.1 cm³/mol. The summed E-state index contributed by atoms with van der Waals surface area (Å²) < 4.78 is 5.76. The lowest BCUT2D eigenvalue weighted by atomic mass is 10.2. The van der Waals surface area contributed by atoms with Crippen molar-refractivity contribution >= 4 is 45.8 Å². The van der Waals surface area contributed by atoms with Crippen LogP contribution in [0.5, 0.6) is 11.6 Å². The maximum atomic E-state index is 11.1. The molecule has 0 unspecified atom stereocenters. The first kappa shape index (κ1) is 15.2. The van der Waals surface area contributed by atoms with Crippen molar-refractivity contribution in [1.29, 1.82) is 5.26 Å². The Balaban J connectivity index is 2.56. The Morgan fingerprint density at radius 1 is 1.52 bits per heavy atom. The highest BCUT2D eigenvalue weighted by molar-refractivity contribution is 14.1. The van der Waals surface area contributed by atoms with Crippen LogP contribution in [0.15, 0.2) is 18.3 Å². The van der Waals surface area contributed by atoms with Gasteiger partial charge in [0.05, 0.1) is 26.3 Å². The van der Waals surface area contributed by atoms with Gasteiger partial charge in [0, 0.05) is 6.07 Å². The van der Waals surface area contributed by atoms with E-state index in [0.717, 1.165) is 6.07 Å². The number of nitro groups is 1. The molecule has 0 saturated heterocycles. The van der Waals surface area contributed by atoms with Crippen LogP contribution in [0.3, 0.4) is 0 Å². The number of nitriles is 1. The fraction of sp³-hybridized carbons (Fsp3) is 0. The predicted octanol–water partition coefficient (Wildman–Crippen LogP) is 2.89. The molecule has 0 atom stereocenters. The van der Waals surface area contributed by atoms with Gasteiger partial charge < -0.3 is 10.5 Å². The molecule has 0 fully saturated rings. The van der Waals surface area contributed by atoms with E-state index in [9.17, 15) is 10.1 Å². The SMILES string of the molecule is N#Cc1cc(I)c(Oc2nc(N)ncc2Cl)c([N+](=O)[O-])c1. The van der Waals surface area contributed by atoms with E-state index in [4.69, 9.17) is 27.3 Å². The van der Waals surface area contributed by atoms with Gasteiger partial charge in [-0.3, -0.25) is 10.1 Å². The van der Waals surface area contributed by atoms with Gasteiger partial charge in [0.1, 0.15) is 5.02 Å². The summed E-state index contributed by atoms with van der Waals surface area (Å²) in [4.78, 5) is 17.9. The fourth-order valence-corrected chi connectivity index (χ4v) is 2.26. The highest BCUT2D eigenvalue weighted by Gasteiger charge is 2.22. The van der Waals surface area contributed by atoms with Crippen LogP contribution in [-0.2, 0) is 0 Å². The zero-order chi connectivity index (χ0) is 15.6. The van der Waals surface area contributed by atoms with Crippen LogP contribution < -0.4 is 10.5 Å². The van der Waals surface area contributed by atoms with Crippen LogP contribution in [0.4, 0.5) is 11.6 Å². The van der Waals surface area contributed by atoms with Gasteiger partial charge in [-0.2, -0.15) is 10.2 Å². The van der Waals surface area contributed by atoms with Crippen molar-refractivity contribution in [2.75, 3.05) is 5.73 Å². The van der Waals surface area contributed by atoms with Gasteiger partial charge in [-0.05, 0) is 28.7 Å². The molecule has 106 valence electrons. The minimum Gasteiger partial charge on any atom is -0.429 e. The fourth-order valence-electron chi connectivity index (χ4n) is 1.41. The molecule has 1 heterocycles. The number of nitrogens with zero attached hydrogens (tertiary/aromatic N) is 4. The molecule has 0 bridgehead atoms. The largest absolute Gasteiger partial charge is 0.429 e. The van der Waals surface area contributed by atoms with Crippen LogP contribution in [0.1, 0.15) is 5.56 Å². The number of aromatic nitrogens is 2. The maximum Gasteiger partial charge on any atom is 0.314 e.